The van der Waals surface area contributed by atoms with Crippen LogP contribution in [0.15, 0.2) is 24.3 Å². The van der Waals surface area contributed by atoms with E-state index in [1.807, 2.05) is 0 Å². The Morgan fingerprint density at radius 3 is 1.69 bits per heavy atom. The Morgan fingerprint density at radius 1 is 0.673 bits per heavy atom. The molecule has 0 aliphatic carbocycles. The molecule has 306 valence electrons. The fourth-order valence-corrected chi connectivity index (χ4v) is 6.66. The molecule has 8 atom stereocenters. The average Bonchev–Trinajstić information content (AvgIpc) is 3.14. The first-order valence-corrected chi connectivity index (χ1v) is 21.2. The highest BCUT2D eigenvalue weighted by atomic mass is 16.7. The highest BCUT2D eigenvalue weighted by Crippen LogP contribution is 2.23. The number of amides is 1. The molecular formula is C42H79NO9. The van der Waals surface area contributed by atoms with Crippen molar-refractivity contribution in [2.45, 2.75) is 223 Å². The van der Waals surface area contributed by atoms with Gasteiger partial charge in [0.25, 0.3) is 0 Å². The Balaban J connectivity index is 2.47. The van der Waals surface area contributed by atoms with Crippen molar-refractivity contribution in [3.8, 4) is 0 Å². The maximum absolute atomic E-state index is 12.9. The summed E-state index contributed by atoms with van der Waals surface area (Å²) in [4.78, 5) is 12.9. The molecule has 1 aliphatic heterocycles. The summed E-state index contributed by atoms with van der Waals surface area (Å²) in [5.41, 5.74) is 0. The Labute approximate surface area is 316 Å². The van der Waals surface area contributed by atoms with Crippen molar-refractivity contribution in [1.29, 1.82) is 0 Å². The van der Waals surface area contributed by atoms with E-state index in [1.165, 1.54) is 77.0 Å². The molecule has 0 saturated carbocycles. The summed E-state index contributed by atoms with van der Waals surface area (Å²) in [6.07, 6.45) is 26.1. The number of carbonyl (C=O) groups is 1. The van der Waals surface area contributed by atoms with Crippen LogP contribution in [0.1, 0.15) is 174 Å². The summed E-state index contributed by atoms with van der Waals surface area (Å²) in [7, 11) is 0. The van der Waals surface area contributed by atoms with Gasteiger partial charge in [0.1, 0.15) is 30.5 Å². The fraction of sp³-hybridized carbons (Fsp3) is 0.881. The second kappa shape index (κ2) is 33.0. The van der Waals surface area contributed by atoms with Crippen LogP contribution < -0.4 is 5.32 Å². The van der Waals surface area contributed by atoms with Crippen LogP contribution in [0, 0.1) is 0 Å². The molecule has 0 bridgehead atoms. The molecule has 10 heteroatoms. The lowest BCUT2D eigenvalue weighted by Crippen LogP contribution is -2.60. The lowest BCUT2D eigenvalue weighted by Gasteiger charge is -2.40. The van der Waals surface area contributed by atoms with Gasteiger partial charge in [-0.25, -0.2) is 0 Å². The van der Waals surface area contributed by atoms with Crippen molar-refractivity contribution < 1.29 is 44.9 Å². The highest BCUT2D eigenvalue weighted by Gasteiger charge is 2.44. The van der Waals surface area contributed by atoms with Crippen molar-refractivity contribution in [3.05, 3.63) is 24.3 Å². The molecule has 1 rings (SSSR count). The molecule has 52 heavy (non-hydrogen) atoms. The van der Waals surface area contributed by atoms with Gasteiger partial charge in [-0.2, -0.15) is 0 Å². The molecule has 0 radical (unpaired) electrons. The van der Waals surface area contributed by atoms with Crippen LogP contribution in [-0.4, -0.2) is 98.7 Å². The van der Waals surface area contributed by atoms with Gasteiger partial charge in [0.05, 0.1) is 25.4 Å². The third-order valence-electron chi connectivity index (χ3n) is 10.2. The summed E-state index contributed by atoms with van der Waals surface area (Å²) in [6.45, 7) is 3.55. The molecule has 10 nitrogen and oxygen atoms in total. The van der Waals surface area contributed by atoms with Crippen LogP contribution >= 0.6 is 0 Å². The highest BCUT2D eigenvalue weighted by molar-refractivity contribution is 5.76. The number of hydrogen-bond acceptors (Lipinski definition) is 9. The number of nitrogens with one attached hydrogen (secondary N) is 1. The van der Waals surface area contributed by atoms with Gasteiger partial charge in [-0.15, -0.1) is 0 Å². The van der Waals surface area contributed by atoms with Crippen molar-refractivity contribution in [3.63, 3.8) is 0 Å². The monoisotopic (exact) mass is 742 g/mol. The lowest BCUT2D eigenvalue weighted by atomic mass is 9.98. The Hall–Kier alpha value is -1.37. The molecule has 1 fully saturated rings. The van der Waals surface area contributed by atoms with Gasteiger partial charge in [-0.1, -0.05) is 154 Å². The van der Waals surface area contributed by atoms with Crippen LogP contribution in [-0.2, 0) is 14.3 Å². The molecule has 1 saturated heterocycles. The van der Waals surface area contributed by atoms with E-state index in [0.29, 0.717) is 12.8 Å². The number of hydrogen-bond donors (Lipinski definition) is 7. The van der Waals surface area contributed by atoms with E-state index >= 15 is 0 Å². The zero-order valence-electron chi connectivity index (χ0n) is 32.9. The van der Waals surface area contributed by atoms with E-state index < -0.39 is 55.6 Å². The Bertz CT molecular complexity index is 886. The second-order valence-corrected chi connectivity index (χ2v) is 15.0. The largest absolute Gasteiger partial charge is 0.394 e. The number of unbranched alkanes of at least 4 members (excludes halogenated alkanes) is 20. The summed E-state index contributed by atoms with van der Waals surface area (Å²) < 4.78 is 11.1. The minimum atomic E-state index is -1.61. The second-order valence-electron chi connectivity index (χ2n) is 15.0. The van der Waals surface area contributed by atoms with Crippen molar-refractivity contribution >= 4 is 5.91 Å². The minimum absolute atomic E-state index is 0.265. The number of aliphatic hydroxyl groups is 6. The van der Waals surface area contributed by atoms with E-state index in [4.69, 9.17) is 9.47 Å². The summed E-state index contributed by atoms with van der Waals surface area (Å²) in [6, 6.07) is -0.996. The van der Waals surface area contributed by atoms with Crippen molar-refractivity contribution in [1.82, 2.24) is 5.32 Å². The van der Waals surface area contributed by atoms with E-state index in [9.17, 15) is 35.4 Å². The number of allylic oxidation sites excluding steroid dienone is 4. The van der Waals surface area contributed by atoms with E-state index in [-0.39, 0.29) is 18.9 Å². The zero-order valence-corrected chi connectivity index (χ0v) is 32.9. The standard InChI is InChI=1S/C42H79NO9/c1-3-5-7-9-11-13-15-17-18-19-21-23-25-27-29-31-37(46)43-34(33-51-42-41(50)40(49)39(48)36(32-44)52-42)38(47)35(45)30-28-26-24-22-20-16-14-12-10-8-6-4-2/h13,15,17-18,34-36,38-42,44-45,47-50H,3-12,14,16,19-33H2,1-2H3,(H,43,46)/t34-,35+,36?,38-,39?,40?,41?,42?/m0/s1. The summed E-state index contributed by atoms with van der Waals surface area (Å²) in [5.74, 6) is -0.275. The fourth-order valence-electron chi connectivity index (χ4n) is 6.66. The number of aliphatic hydroxyl groups excluding tert-OH is 6. The first-order chi connectivity index (χ1) is 25.3. The predicted octanol–water partition coefficient (Wildman–Crippen LogP) is 6.91. The molecule has 0 aromatic rings. The third kappa shape index (κ3) is 23.4. The summed E-state index contributed by atoms with van der Waals surface area (Å²) in [5, 5.41) is 64.9. The maximum Gasteiger partial charge on any atom is 0.220 e. The van der Waals surface area contributed by atoms with Crippen LogP contribution in [0.5, 0.6) is 0 Å². The van der Waals surface area contributed by atoms with Crippen molar-refractivity contribution in [2.24, 2.45) is 0 Å². The lowest BCUT2D eigenvalue weighted by molar-refractivity contribution is -0.303. The zero-order chi connectivity index (χ0) is 38.2. The number of rotatable bonds is 34. The van der Waals surface area contributed by atoms with Gasteiger partial charge in [-0.05, 0) is 38.5 Å². The number of carbonyl (C=O) groups excluding carboxylic acids is 1. The molecule has 1 amide bonds. The smallest absolute Gasteiger partial charge is 0.220 e. The molecule has 7 N–H and O–H groups in total. The van der Waals surface area contributed by atoms with Crippen LogP contribution in [0.4, 0.5) is 0 Å². The molecule has 1 heterocycles. The average molecular weight is 742 g/mol. The molecule has 0 spiro atoms. The summed E-state index contributed by atoms with van der Waals surface area (Å²) >= 11 is 0. The van der Waals surface area contributed by atoms with Gasteiger partial charge in [0.2, 0.25) is 5.91 Å². The van der Waals surface area contributed by atoms with E-state index in [1.54, 1.807) is 0 Å². The van der Waals surface area contributed by atoms with Crippen molar-refractivity contribution in [2.75, 3.05) is 13.2 Å². The normalized spacial score (nSPS) is 22.7. The van der Waals surface area contributed by atoms with E-state index in [2.05, 4.69) is 43.5 Å². The topological polar surface area (TPSA) is 169 Å². The van der Waals surface area contributed by atoms with Crippen LogP contribution in [0.3, 0.4) is 0 Å². The predicted molar refractivity (Wildman–Crippen MR) is 209 cm³/mol. The Kier molecular flexibility index (Phi) is 30.9. The van der Waals surface area contributed by atoms with Crippen LogP contribution in [0.2, 0.25) is 0 Å². The number of ether oxygens (including phenoxy) is 2. The van der Waals surface area contributed by atoms with E-state index in [0.717, 1.165) is 64.2 Å². The van der Waals surface area contributed by atoms with Gasteiger partial charge >= 0.3 is 0 Å². The molecule has 5 unspecified atom stereocenters. The van der Waals surface area contributed by atoms with Gasteiger partial charge in [0.15, 0.2) is 6.29 Å². The molecule has 1 aliphatic rings. The molecule has 0 aromatic heterocycles. The Morgan fingerprint density at radius 2 is 1.15 bits per heavy atom. The third-order valence-corrected chi connectivity index (χ3v) is 10.2. The minimum Gasteiger partial charge on any atom is -0.394 e. The molecular weight excluding hydrogens is 662 g/mol. The quantitative estimate of drug-likeness (QED) is 0.0274. The van der Waals surface area contributed by atoms with Gasteiger partial charge in [-0.3, -0.25) is 4.79 Å². The van der Waals surface area contributed by atoms with Gasteiger partial charge in [0, 0.05) is 6.42 Å². The van der Waals surface area contributed by atoms with Gasteiger partial charge < -0.3 is 45.4 Å². The SMILES string of the molecule is CCCCCCC=CC=CCCCCCCCC(=O)N[C@@H](COC1OC(CO)C(O)C(O)C1O)[C@H](O)[C@H](O)CCCCCCCCCCCCCC. The molecule has 0 aromatic carbocycles. The first-order valence-electron chi connectivity index (χ1n) is 21.2. The van der Waals surface area contributed by atoms with Crippen LogP contribution in [0.25, 0.3) is 0 Å². The maximum atomic E-state index is 12.9. The first kappa shape index (κ1) is 48.6.